The summed E-state index contributed by atoms with van der Waals surface area (Å²) < 4.78 is 12.5. The Morgan fingerprint density at radius 1 is 1.09 bits per heavy atom. The molecule has 1 atom stereocenters. The molecule has 0 spiro atoms. The molecule has 22 heavy (non-hydrogen) atoms. The maximum atomic E-state index is 6.11. The second-order valence-electron chi connectivity index (χ2n) is 7.73. The summed E-state index contributed by atoms with van der Waals surface area (Å²) in [4.78, 5) is 0. The number of benzene rings is 1. The number of rotatable bonds is 6. The quantitative estimate of drug-likeness (QED) is 0.315. The molecule has 1 fully saturated rings. The molecule has 0 saturated heterocycles. The normalized spacial score (nSPS) is 21.7. The summed E-state index contributed by atoms with van der Waals surface area (Å²) in [6.07, 6.45) is 3.83. The Balaban J connectivity index is 1.88. The van der Waals surface area contributed by atoms with Gasteiger partial charge in [-0.25, -0.2) is 0 Å². The molecule has 0 aromatic heterocycles. The molecule has 2 nitrogen and oxygen atoms in total. The fourth-order valence-electron chi connectivity index (χ4n) is 3.59. The first kappa shape index (κ1) is 18.1. The molecule has 1 aromatic rings. The molecule has 0 heterocycles. The average molecular weight is 416 g/mol. The lowest BCUT2D eigenvalue weighted by Crippen LogP contribution is -2.37. The van der Waals surface area contributed by atoms with Crippen LogP contribution in [-0.4, -0.2) is 12.9 Å². The van der Waals surface area contributed by atoms with Gasteiger partial charge in [-0.2, -0.15) is 0 Å². The van der Waals surface area contributed by atoms with Gasteiger partial charge in [-0.15, -0.1) is 0 Å². The third-order valence-corrected chi connectivity index (χ3v) is 6.49. The molecule has 0 amide bonds. The van der Waals surface area contributed by atoms with E-state index >= 15 is 0 Å². The lowest BCUT2D eigenvalue weighted by atomic mass is 9.81. The molecule has 0 aliphatic heterocycles. The summed E-state index contributed by atoms with van der Waals surface area (Å²) in [5, 5.41) is 0. The summed E-state index contributed by atoms with van der Waals surface area (Å²) in [5.41, 5.74) is 1.81. The maximum absolute atomic E-state index is 6.11. The largest absolute Gasteiger partial charge is 0.468 e. The van der Waals surface area contributed by atoms with Crippen LogP contribution >= 0.6 is 22.6 Å². The van der Waals surface area contributed by atoms with Crippen molar-refractivity contribution in [2.24, 2.45) is 10.8 Å². The summed E-state index contributed by atoms with van der Waals surface area (Å²) in [5.74, 6) is 0.886. The van der Waals surface area contributed by atoms with Crippen molar-refractivity contribution in [1.82, 2.24) is 0 Å². The molecule has 1 unspecified atom stereocenters. The van der Waals surface area contributed by atoms with E-state index < -0.39 is 0 Å². The third kappa shape index (κ3) is 4.16. The second-order valence-corrected chi connectivity index (χ2v) is 9.23. The zero-order valence-electron chi connectivity index (χ0n) is 14.5. The van der Waals surface area contributed by atoms with E-state index in [-0.39, 0.29) is 16.9 Å². The van der Waals surface area contributed by atoms with Crippen molar-refractivity contribution in [1.29, 1.82) is 0 Å². The van der Waals surface area contributed by atoms with E-state index in [0.29, 0.717) is 10.7 Å². The molecule has 1 aliphatic rings. The second kappa shape index (κ2) is 7.08. The molecule has 3 heteroatoms. The predicted molar refractivity (Wildman–Crippen MR) is 101 cm³/mol. The smallest absolute Gasteiger partial charge is 0.189 e. The fourth-order valence-corrected chi connectivity index (χ4v) is 4.01. The van der Waals surface area contributed by atoms with Crippen LogP contribution in [0, 0.1) is 10.8 Å². The standard InChI is InChI=1S/C19H29IO2/c1-6-16(20)14-7-9-15(10-8-14)21-13-22-17-18(2,3)11-12-19(17,4)5/h7-10,16-17H,6,11-13H2,1-5H3. The van der Waals surface area contributed by atoms with Crippen LogP contribution in [0.25, 0.3) is 0 Å². The van der Waals surface area contributed by atoms with E-state index in [1.165, 1.54) is 18.4 Å². The van der Waals surface area contributed by atoms with Crippen LogP contribution in [-0.2, 0) is 4.74 Å². The SMILES string of the molecule is CCC(I)c1ccc(OCOC2C(C)(C)CCC2(C)C)cc1. The summed E-state index contributed by atoms with van der Waals surface area (Å²) >= 11 is 2.48. The minimum absolute atomic E-state index is 0.228. The van der Waals surface area contributed by atoms with Crippen LogP contribution in [0.2, 0.25) is 0 Å². The van der Waals surface area contributed by atoms with Gasteiger partial charge >= 0.3 is 0 Å². The van der Waals surface area contributed by atoms with Gasteiger partial charge in [0, 0.05) is 3.92 Å². The minimum Gasteiger partial charge on any atom is -0.468 e. The monoisotopic (exact) mass is 416 g/mol. The molecule has 1 aromatic carbocycles. The number of halogens is 1. The zero-order chi connectivity index (χ0) is 16.4. The fraction of sp³-hybridized carbons (Fsp3) is 0.684. The maximum Gasteiger partial charge on any atom is 0.189 e. The number of hydrogen-bond acceptors (Lipinski definition) is 2. The number of hydrogen-bond donors (Lipinski definition) is 0. The van der Waals surface area contributed by atoms with Gasteiger partial charge in [0.1, 0.15) is 5.75 Å². The molecule has 0 N–H and O–H groups in total. The molecule has 124 valence electrons. The topological polar surface area (TPSA) is 18.5 Å². The Morgan fingerprint density at radius 3 is 2.14 bits per heavy atom. The van der Waals surface area contributed by atoms with Gasteiger partial charge in [0.25, 0.3) is 0 Å². The summed E-state index contributed by atoms with van der Waals surface area (Å²) in [6, 6.07) is 8.40. The van der Waals surface area contributed by atoms with E-state index in [1.54, 1.807) is 0 Å². The van der Waals surface area contributed by atoms with Gasteiger partial charge < -0.3 is 9.47 Å². The third-order valence-electron chi connectivity index (χ3n) is 4.89. The first-order valence-corrected chi connectivity index (χ1v) is 9.49. The Morgan fingerprint density at radius 2 is 1.64 bits per heavy atom. The van der Waals surface area contributed by atoms with Gasteiger partial charge in [0.15, 0.2) is 6.79 Å². The van der Waals surface area contributed by atoms with Crippen molar-refractivity contribution in [3.05, 3.63) is 29.8 Å². The van der Waals surface area contributed by atoms with Crippen molar-refractivity contribution in [2.45, 2.75) is 63.9 Å². The Labute approximate surface area is 149 Å². The van der Waals surface area contributed by atoms with Crippen molar-refractivity contribution >= 4 is 22.6 Å². The van der Waals surface area contributed by atoms with Crippen LogP contribution in [0.1, 0.15) is 63.4 Å². The van der Waals surface area contributed by atoms with Crippen LogP contribution in [0.15, 0.2) is 24.3 Å². The molecular formula is C19H29IO2. The van der Waals surface area contributed by atoms with Crippen LogP contribution in [0.5, 0.6) is 5.75 Å². The molecule has 1 saturated carbocycles. The highest BCUT2D eigenvalue weighted by Gasteiger charge is 2.47. The highest BCUT2D eigenvalue weighted by Crippen LogP contribution is 2.50. The predicted octanol–water partition coefficient (Wildman–Crippen LogP) is 6.14. The lowest BCUT2D eigenvalue weighted by Gasteiger charge is -2.34. The average Bonchev–Trinajstić information content (AvgIpc) is 2.69. The zero-order valence-corrected chi connectivity index (χ0v) is 16.6. The van der Waals surface area contributed by atoms with Crippen LogP contribution < -0.4 is 4.74 Å². The van der Waals surface area contributed by atoms with Gasteiger partial charge in [0.2, 0.25) is 0 Å². The van der Waals surface area contributed by atoms with Crippen molar-refractivity contribution in [3.8, 4) is 5.75 Å². The van der Waals surface area contributed by atoms with E-state index in [2.05, 4.69) is 69.3 Å². The van der Waals surface area contributed by atoms with E-state index in [1.807, 2.05) is 12.1 Å². The molecular weight excluding hydrogens is 387 g/mol. The molecule has 1 aliphatic carbocycles. The van der Waals surface area contributed by atoms with E-state index in [0.717, 1.165) is 12.2 Å². The van der Waals surface area contributed by atoms with Crippen LogP contribution in [0.4, 0.5) is 0 Å². The number of ether oxygens (including phenoxy) is 2. The van der Waals surface area contributed by atoms with Gasteiger partial charge in [-0.05, 0) is 47.8 Å². The number of alkyl halides is 1. The van der Waals surface area contributed by atoms with E-state index in [9.17, 15) is 0 Å². The van der Waals surface area contributed by atoms with Gasteiger partial charge in [-0.1, -0.05) is 69.3 Å². The first-order valence-electron chi connectivity index (χ1n) is 8.25. The van der Waals surface area contributed by atoms with Crippen molar-refractivity contribution in [2.75, 3.05) is 6.79 Å². The molecule has 0 radical (unpaired) electrons. The van der Waals surface area contributed by atoms with Gasteiger partial charge in [0.05, 0.1) is 6.10 Å². The first-order chi connectivity index (χ1) is 10.3. The Bertz CT molecular complexity index is 463. The minimum atomic E-state index is 0.228. The highest BCUT2D eigenvalue weighted by atomic mass is 127. The Kier molecular flexibility index (Phi) is 5.81. The van der Waals surface area contributed by atoms with Gasteiger partial charge in [-0.3, -0.25) is 0 Å². The van der Waals surface area contributed by atoms with Crippen molar-refractivity contribution in [3.63, 3.8) is 0 Å². The molecule has 0 bridgehead atoms. The van der Waals surface area contributed by atoms with Crippen LogP contribution in [0.3, 0.4) is 0 Å². The molecule has 2 rings (SSSR count). The summed E-state index contributed by atoms with van der Waals surface area (Å²) in [6.45, 7) is 11.7. The Hall–Kier alpha value is -0.290. The lowest BCUT2D eigenvalue weighted by molar-refractivity contribution is -0.110. The van der Waals surface area contributed by atoms with E-state index in [4.69, 9.17) is 9.47 Å². The summed E-state index contributed by atoms with van der Waals surface area (Å²) in [7, 11) is 0. The van der Waals surface area contributed by atoms with Crippen molar-refractivity contribution < 1.29 is 9.47 Å². The highest BCUT2D eigenvalue weighted by molar-refractivity contribution is 14.1.